The highest BCUT2D eigenvalue weighted by molar-refractivity contribution is 6.30. The van der Waals surface area contributed by atoms with Gasteiger partial charge in [-0.2, -0.15) is 0 Å². The van der Waals surface area contributed by atoms with E-state index in [4.69, 9.17) is 11.6 Å². The van der Waals surface area contributed by atoms with Gasteiger partial charge in [0.05, 0.1) is 11.0 Å². The third-order valence-corrected chi connectivity index (χ3v) is 2.63. The Labute approximate surface area is 98.5 Å². The second-order valence-corrected chi connectivity index (χ2v) is 4.08. The van der Waals surface area contributed by atoms with Crippen LogP contribution < -0.4 is 0 Å². The number of Topliss-reactive ketones (excluding diaryl/α,β-unsaturated/α-hetero) is 1. The summed E-state index contributed by atoms with van der Waals surface area (Å²) in [4.78, 5) is 22.1. The van der Waals surface area contributed by atoms with Crippen LogP contribution in [0.5, 0.6) is 0 Å². The lowest BCUT2D eigenvalue weighted by molar-refractivity contribution is -0.114. The SMILES string of the molecule is CC(=O)/C=C/C1C(C(C)=O)=CCC(Cl)=C1F. The monoisotopic (exact) mass is 242 g/mol. The second-order valence-electron chi connectivity index (χ2n) is 3.62. The van der Waals surface area contributed by atoms with Crippen LogP contribution in [0, 0.1) is 5.92 Å². The van der Waals surface area contributed by atoms with Gasteiger partial charge >= 0.3 is 0 Å². The summed E-state index contributed by atoms with van der Waals surface area (Å²) in [5.74, 6) is -1.77. The number of hydrogen-bond donors (Lipinski definition) is 0. The van der Waals surface area contributed by atoms with Gasteiger partial charge in [0.2, 0.25) is 0 Å². The molecule has 2 nitrogen and oxygen atoms in total. The molecule has 0 aromatic rings. The van der Waals surface area contributed by atoms with Crippen LogP contribution in [0.1, 0.15) is 20.3 Å². The number of halogens is 2. The highest BCUT2D eigenvalue weighted by Gasteiger charge is 2.26. The van der Waals surface area contributed by atoms with Crippen LogP contribution in [0.25, 0.3) is 0 Å². The Kier molecular flexibility index (Phi) is 4.19. The molecule has 0 fully saturated rings. The molecule has 1 aliphatic rings. The van der Waals surface area contributed by atoms with E-state index in [1.54, 1.807) is 6.08 Å². The van der Waals surface area contributed by atoms with Crippen molar-refractivity contribution in [2.24, 2.45) is 5.92 Å². The first-order chi connectivity index (χ1) is 7.43. The molecule has 86 valence electrons. The van der Waals surface area contributed by atoms with Gasteiger partial charge < -0.3 is 0 Å². The van der Waals surface area contributed by atoms with Gasteiger partial charge in [-0.3, -0.25) is 9.59 Å². The van der Waals surface area contributed by atoms with E-state index in [1.165, 1.54) is 26.0 Å². The maximum absolute atomic E-state index is 13.7. The lowest BCUT2D eigenvalue weighted by Gasteiger charge is -2.18. The van der Waals surface area contributed by atoms with Gasteiger partial charge in [-0.25, -0.2) is 4.39 Å². The fourth-order valence-electron chi connectivity index (χ4n) is 1.51. The van der Waals surface area contributed by atoms with Crippen LogP contribution >= 0.6 is 11.6 Å². The Bertz CT molecular complexity index is 419. The van der Waals surface area contributed by atoms with Gasteiger partial charge in [0.15, 0.2) is 11.6 Å². The third kappa shape index (κ3) is 2.89. The highest BCUT2D eigenvalue weighted by atomic mass is 35.5. The molecule has 0 bridgehead atoms. The lowest BCUT2D eigenvalue weighted by atomic mass is 9.89. The summed E-state index contributed by atoms with van der Waals surface area (Å²) in [7, 11) is 0. The minimum Gasteiger partial charge on any atom is -0.295 e. The highest BCUT2D eigenvalue weighted by Crippen LogP contribution is 2.34. The molecule has 1 unspecified atom stereocenters. The van der Waals surface area contributed by atoms with Gasteiger partial charge in [-0.15, -0.1) is 0 Å². The number of rotatable bonds is 3. The van der Waals surface area contributed by atoms with Crippen LogP contribution in [0.4, 0.5) is 4.39 Å². The standard InChI is InChI=1S/C12H12ClFO2/c1-7(15)3-4-10-9(8(2)16)5-6-11(13)12(10)14/h3-5,10H,6H2,1-2H3/b4-3+. The van der Waals surface area contributed by atoms with Crippen molar-refractivity contribution in [3.05, 3.63) is 34.7 Å². The first-order valence-electron chi connectivity index (χ1n) is 4.87. The summed E-state index contributed by atoms with van der Waals surface area (Å²) in [6, 6.07) is 0. The quantitative estimate of drug-likeness (QED) is 0.713. The molecule has 0 spiro atoms. The normalized spacial score (nSPS) is 21.2. The summed E-state index contributed by atoms with van der Waals surface area (Å²) < 4.78 is 13.7. The molecule has 1 aliphatic carbocycles. The molecule has 16 heavy (non-hydrogen) atoms. The maximum atomic E-state index is 13.7. The van der Waals surface area contributed by atoms with Crippen molar-refractivity contribution in [2.75, 3.05) is 0 Å². The van der Waals surface area contributed by atoms with E-state index in [0.717, 1.165) is 0 Å². The molecule has 0 aromatic carbocycles. The molecule has 1 atom stereocenters. The van der Waals surface area contributed by atoms with E-state index in [1.807, 2.05) is 0 Å². The summed E-state index contributed by atoms with van der Waals surface area (Å²) in [6.07, 6.45) is 4.44. The molecule has 1 rings (SSSR count). The molecule has 0 heterocycles. The molecule has 0 saturated carbocycles. The Hall–Kier alpha value is -1.22. The number of hydrogen-bond acceptors (Lipinski definition) is 2. The van der Waals surface area contributed by atoms with Crippen molar-refractivity contribution in [2.45, 2.75) is 20.3 Å². The van der Waals surface area contributed by atoms with Crippen molar-refractivity contribution < 1.29 is 14.0 Å². The van der Waals surface area contributed by atoms with Crippen molar-refractivity contribution >= 4 is 23.2 Å². The molecule has 0 aromatic heterocycles. The largest absolute Gasteiger partial charge is 0.295 e. The van der Waals surface area contributed by atoms with Gasteiger partial charge in [0, 0.05) is 12.0 Å². The van der Waals surface area contributed by atoms with Crippen LogP contribution in [-0.2, 0) is 9.59 Å². The Morgan fingerprint density at radius 3 is 2.62 bits per heavy atom. The third-order valence-electron chi connectivity index (χ3n) is 2.30. The molecule has 0 radical (unpaired) electrons. The topological polar surface area (TPSA) is 34.1 Å². The van der Waals surface area contributed by atoms with E-state index >= 15 is 0 Å². The molecule has 0 saturated heterocycles. The number of carbonyl (C=O) groups excluding carboxylic acids is 2. The number of allylic oxidation sites excluding steroid dienone is 6. The van der Waals surface area contributed by atoms with E-state index < -0.39 is 11.7 Å². The zero-order valence-electron chi connectivity index (χ0n) is 9.09. The Balaban J connectivity index is 3.06. The summed E-state index contributed by atoms with van der Waals surface area (Å²) in [5, 5.41) is 0.0863. The predicted molar refractivity (Wildman–Crippen MR) is 60.7 cm³/mol. The first-order valence-corrected chi connectivity index (χ1v) is 5.25. The average Bonchev–Trinajstić information content (AvgIpc) is 2.19. The first kappa shape index (κ1) is 12.8. The molecular weight excluding hydrogens is 231 g/mol. The molecule has 0 amide bonds. The van der Waals surface area contributed by atoms with Crippen molar-refractivity contribution in [1.29, 1.82) is 0 Å². The Morgan fingerprint density at radius 2 is 2.12 bits per heavy atom. The predicted octanol–water partition coefficient (Wildman–Crippen LogP) is 3.09. The average molecular weight is 243 g/mol. The van der Waals surface area contributed by atoms with E-state index in [2.05, 4.69) is 0 Å². The van der Waals surface area contributed by atoms with Crippen LogP contribution in [-0.4, -0.2) is 11.6 Å². The minimum atomic E-state index is -0.817. The zero-order valence-corrected chi connectivity index (χ0v) is 9.84. The van der Waals surface area contributed by atoms with Crippen LogP contribution in [0.3, 0.4) is 0 Å². The summed E-state index contributed by atoms with van der Waals surface area (Å²) >= 11 is 5.68. The minimum absolute atomic E-state index is 0.0863. The van der Waals surface area contributed by atoms with Crippen LogP contribution in [0.2, 0.25) is 0 Å². The van der Waals surface area contributed by atoms with Crippen molar-refractivity contribution in [1.82, 2.24) is 0 Å². The second kappa shape index (κ2) is 5.21. The van der Waals surface area contributed by atoms with Gasteiger partial charge in [-0.05, 0) is 19.9 Å². The van der Waals surface area contributed by atoms with Gasteiger partial charge in [0.1, 0.15) is 5.83 Å². The smallest absolute Gasteiger partial charge is 0.156 e. The zero-order chi connectivity index (χ0) is 12.3. The Morgan fingerprint density at radius 1 is 1.50 bits per heavy atom. The van der Waals surface area contributed by atoms with E-state index in [9.17, 15) is 14.0 Å². The number of carbonyl (C=O) groups is 2. The van der Waals surface area contributed by atoms with Gasteiger partial charge in [-0.1, -0.05) is 23.8 Å². The maximum Gasteiger partial charge on any atom is 0.156 e. The van der Waals surface area contributed by atoms with Gasteiger partial charge in [0.25, 0.3) is 0 Å². The van der Waals surface area contributed by atoms with Crippen molar-refractivity contribution in [3.8, 4) is 0 Å². The fraction of sp³-hybridized carbons (Fsp3) is 0.333. The fourth-order valence-corrected chi connectivity index (χ4v) is 1.71. The lowest BCUT2D eigenvalue weighted by Crippen LogP contribution is -2.14. The van der Waals surface area contributed by atoms with E-state index in [0.29, 0.717) is 5.57 Å². The molecule has 4 heteroatoms. The molecular formula is C12H12ClFO2. The van der Waals surface area contributed by atoms with Crippen LogP contribution in [0.15, 0.2) is 34.7 Å². The molecule has 0 N–H and O–H groups in total. The van der Waals surface area contributed by atoms with E-state index in [-0.39, 0.29) is 23.0 Å². The summed E-state index contributed by atoms with van der Waals surface area (Å²) in [5.41, 5.74) is 0.347. The van der Waals surface area contributed by atoms with Crippen molar-refractivity contribution in [3.63, 3.8) is 0 Å². The summed E-state index contributed by atoms with van der Waals surface area (Å²) in [6.45, 7) is 2.73. The number of ketones is 2. The molecule has 0 aliphatic heterocycles.